The van der Waals surface area contributed by atoms with Gasteiger partial charge in [0.25, 0.3) is 5.95 Å². The predicted molar refractivity (Wildman–Crippen MR) is 114 cm³/mol. The van der Waals surface area contributed by atoms with Crippen molar-refractivity contribution in [1.82, 2.24) is 15.0 Å². The Labute approximate surface area is 178 Å². The number of pyridine rings is 1. The fourth-order valence-electron chi connectivity index (χ4n) is 3.14. The molecule has 1 saturated heterocycles. The first-order valence-corrected chi connectivity index (χ1v) is 9.83. The third-order valence-electron chi connectivity index (χ3n) is 4.71. The zero-order valence-corrected chi connectivity index (χ0v) is 17.0. The minimum Gasteiger partial charge on any atom is -0.508 e. The second-order valence-electron chi connectivity index (χ2n) is 7.01. The minimum absolute atomic E-state index is 0.0989. The Bertz CT molecular complexity index is 1090. The lowest BCUT2D eigenvalue weighted by Crippen LogP contribution is -2.37. The highest BCUT2D eigenvalue weighted by atomic mass is 19.1. The summed E-state index contributed by atoms with van der Waals surface area (Å²) in [6, 6.07) is 8.76. The molecule has 2 aromatic heterocycles. The maximum atomic E-state index is 14.1. The molecule has 4 rings (SSSR count). The Morgan fingerprint density at radius 2 is 2.03 bits per heavy atom. The smallest absolute Gasteiger partial charge is 0.270 e. The second kappa shape index (κ2) is 9.43. The number of hydrogen-bond acceptors (Lipinski definition) is 9. The van der Waals surface area contributed by atoms with Gasteiger partial charge in [0, 0.05) is 24.8 Å². The first kappa shape index (κ1) is 20.6. The lowest BCUT2D eigenvalue weighted by Gasteiger charge is -2.27. The maximum Gasteiger partial charge on any atom is 0.270 e. The number of rotatable bonds is 6. The van der Waals surface area contributed by atoms with Crippen LogP contribution in [0.2, 0.25) is 0 Å². The van der Waals surface area contributed by atoms with Gasteiger partial charge in [-0.25, -0.2) is 9.37 Å². The van der Waals surface area contributed by atoms with Gasteiger partial charge in [0.2, 0.25) is 0 Å². The molecular weight excluding hydrogens is 401 g/mol. The summed E-state index contributed by atoms with van der Waals surface area (Å²) < 4.78 is 19.4. The Balaban J connectivity index is 1.41. The van der Waals surface area contributed by atoms with Crippen LogP contribution in [-0.4, -0.2) is 46.4 Å². The van der Waals surface area contributed by atoms with Crippen molar-refractivity contribution in [2.75, 3.05) is 36.5 Å². The molecule has 10 heteroatoms. The van der Waals surface area contributed by atoms with E-state index in [1.165, 1.54) is 0 Å². The van der Waals surface area contributed by atoms with Crippen molar-refractivity contribution in [3.8, 4) is 5.75 Å². The number of aromatic hydroxyl groups is 1. The van der Waals surface area contributed by atoms with E-state index >= 15 is 0 Å². The second-order valence-corrected chi connectivity index (χ2v) is 7.01. The maximum absolute atomic E-state index is 14.1. The van der Waals surface area contributed by atoms with Crippen molar-refractivity contribution in [1.29, 1.82) is 0 Å². The summed E-state index contributed by atoms with van der Waals surface area (Å²) in [6.07, 6.45) is 2.81. The van der Waals surface area contributed by atoms with Crippen molar-refractivity contribution in [3.63, 3.8) is 0 Å². The third kappa shape index (κ3) is 5.28. The molecule has 0 saturated carbocycles. The molecule has 0 radical (unpaired) electrons. The zero-order chi connectivity index (χ0) is 21.6. The Morgan fingerprint density at radius 3 is 2.81 bits per heavy atom. The highest BCUT2D eigenvalue weighted by Crippen LogP contribution is 2.23. The number of halogens is 1. The average molecular weight is 423 g/mol. The predicted octanol–water partition coefficient (Wildman–Crippen LogP) is 3.89. The number of phenolic OH excluding ortho intramolecular Hbond substituents is 1. The first-order valence-electron chi connectivity index (χ1n) is 9.83. The standard InChI is InChI=1S/C21H22FN7O2/c1-14-9-16(23-13-19(14)26-15-3-2-4-17(30)10-15)11-25-28-21-24-12-18(22)20(27-21)29-5-7-31-8-6-29/h2-4,9-10,12-13,26,30H,5-8,11H2,1H3. The highest BCUT2D eigenvalue weighted by Gasteiger charge is 2.17. The normalized spacial score (nSPS) is 14.2. The van der Waals surface area contributed by atoms with Crippen molar-refractivity contribution >= 4 is 23.1 Å². The van der Waals surface area contributed by atoms with Gasteiger partial charge in [-0.15, -0.1) is 5.11 Å². The quantitative estimate of drug-likeness (QED) is 0.579. The van der Waals surface area contributed by atoms with Crippen LogP contribution < -0.4 is 10.2 Å². The lowest BCUT2D eigenvalue weighted by molar-refractivity contribution is 0.122. The third-order valence-corrected chi connectivity index (χ3v) is 4.71. The van der Waals surface area contributed by atoms with E-state index in [-0.39, 0.29) is 24.1 Å². The molecule has 0 atom stereocenters. The number of aryl methyl sites for hydroxylation is 1. The SMILES string of the molecule is Cc1cc(CN=Nc2ncc(F)c(N3CCOCC3)n2)ncc1Nc1cccc(O)c1. The van der Waals surface area contributed by atoms with Gasteiger partial charge in [-0.1, -0.05) is 6.07 Å². The largest absolute Gasteiger partial charge is 0.508 e. The molecule has 0 spiro atoms. The van der Waals surface area contributed by atoms with Gasteiger partial charge in [-0.3, -0.25) is 4.98 Å². The van der Waals surface area contributed by atoms with Gasteiger partial charge in [-0.05, 0) is 30.7 Å². The van der Waals surface area contributed by atoms with Gasteiger partial charge in [-0.2, -0.15) is 10.1 Å². The molecule has 1 aliphatic heterocycles. The van der Waals surface area contributed by atoms with Gasteiger partial charge >= 0.3 is 0 Å². The number of nitrogens with one attached hydrogen (secondary N) is 1. The van der Waals surface area contributed by atoms with E-state index in [1.54, 1.807) is 24.4 Å². The van der Waals surface area contributed by atoms with E-state index in [2.05, 4.69) is 30.5 Å². The minimum atomic E-state index is -0.493. The van der Waals surface area contributed by atoms with Crippen LogP contribution in [0, 0.1) is 12.7 Å². The molecule has 9 nitrogen and oxygen atoms in total. The summed E-state index contributed by atoms with van der Waals surface area (Å²) in [5.41, 5.74) is 3.28. The fourth-order valence-corrected chi connectivity index (χ4v) is 3.14. The van der Waals surface area contributed by atoms with E-state index in [0.29, 0.717) is 26.3 Å². The number of morpholine rings is 1. The van der Waals surface area contributed by atoms with Crippen molar-refractivity contribution in [2.45, 2.75) is 13.5 Å². The molecule has 160 valence electrons. The van der Waals surface area contributed by atoms with Gasteiger partial charge in [0.15, 0.2) is 11.6 Å². The highest BCUT2D eigenvalue weighted by molar-refractivity contribution is 5.63. The van der Waals surface area contributed by atoms with E-state index in [1.807, 2.05) is 24.0 Å². The van der Waals surface area contributed by atoms with Crippen LogP contribution in [0.1, 0.15) is 11.3 Å². The summed E-state index contributed by atoms with van der Waals surface area (Å²) in [4.78, 5) is 14.3. The molecule has 31 heavy (non-hydrogen) atoms. The topological polar surface area (TPSA) is 108 Å². The molecule has 0 amide bonds. The number of benzene rings is 1. The monoisotopic (exact) mass is 423 g/mol. The molecule has 0 unspecified atom stereocenters. The van der Waals surface area contributed by atoms with Crippen LogP contribution in [0.3, 0.4) is 0 Å². The lowest BCUT2D eigenvalue weighted by atomic mass is 10.2. The Morgan fingerprint density at radius 1 is 1.19 bits per heavy atom. The molecule has 1 fully saturated rings. The van der Waals surface area contributed by atoms with Crippen LogP contribution >= 0.6 is 0 Å². The first-order chi connectivity index (χ1) is 15.1. The number of azo groups is 1. The van der Waals surface area contributed by atoms with Crippen LogP contribution in [0.5, 0.6) is 5.75 Å². The molecule has 3 aromatic rings. The fraction of sp³-hybridized carbons (Fsp3) is 0.286. The summed E-state index contributed by atoms with van der Waals surface area (Å²) in [7, 11) is 0. The van der Waals surface area contributed by atoms with Crippen LogP contribution in [0.4, 0.5) is 27.5 Å². The molecule has 1 aromatic carbocycles. The molecule has 0 aliphatic carbocycles. The van der Waals surface area contributed by atoms with Crippen molar-refractivity contribution < 1.29 is 14.2 Å². The van der Waals surface area contributed by atoms with E-state index in [4.69, 9.17) is 4.74 Å². The number of ether oxygens (including phenoxy) is 1. The van der Waals surface area contributed by atoms with Crippen LogP contribution in [0.15, 0.2) is 53.0 Å². The summed E-state index contributed by atoms with van der Waals surface area (Å²) >= 11 is 0. The Kier molecular flexibility index (Phi) is 6.27. The van der Waals surface area contributed by atoms with E-state index in [0.717, 1.165) is 28.8 Å². The number of hydrogen-bond donors (Lipinski definition) is 2. The summed E-state index contributed by atoms with van der Waals surface area (Å²) in [6.45, 7) is 4.38. The van der Waals surface area contributed by atoms with Gasteiger partial charge in [0.1, 0.15) is 12.3 Å². The van der Waals surface area contributed by atoms with Crippen LogP contribution in [-0.2, 0) is 11.3 Å². The summed E-state index contributed by atoms with van der Waals surface area (Å²) in [5.74, 6) is 0.00535. The summed E-state index contributed by atoms with van der Waals surface area (Å²) in [5, 5.41) is 20.9. The van der Waals surface area contributed by atoms with Gasteiger partial charge < -0.3 is 20.1 Å². The molecule has 3 heterocycles. The number of nitrogens with zero attached hydrogens (tertiary/aromatic N) is 6. The Hall–Kier alpha value is -3.66. The van der Waals surface area contributed by atoms with Crippen molar-refractivity contribution in [2.24, 2.45) is 10.2 Å². The van der Waals surface area contributed by atoms with E-state index in [9.17, 15) is 9.50 Å². The molecule has 0 bridgehead atoms. The van der Waals surface area contributed by atoms with Gasteiger partial charge in [0.05, 0.1) is 37.0 Å². The number of phenols is 1. The average Bonchev–Trinajstić information content (AvgIpc) is 2.77. The number of aromatic nitrogens is 3. The molecule has 1 aliphatic rings. The number of anilines is 3. The van der Waals surface area contributed by atoms with Crippen LogP contribution in [0.25, 0.3) is 0 Å². The molecular formula is C21H22FN7O2. The zero-order valence-electron chi connectivity index (χ0n) is 17.0. The molecule has 2 N–H and O–H groups in total. The van der Waals surface area contributed by atoms with E-state index < -0.39 is 5.82 Å². The van der Waals surface area contributed by atoms with Crippen molar-refractivity contribution in [3.05, 3.63) is 59.8 Å².